The number of hydrogen-bond donors (Lipinski definition) is 2. The first kappa shape index (κ1) is 15.0. The lowest BCUT2D eigenvalue weighted by molar-refractivity contribution is -0.163. The van der Waals surface area contributed by atoms with Gasteiger partial charge in [0.05, 0.1) is 13.1 Å². The number of nitrogens with zero attached hydrogens (tertiary/aromatic N) is 1. The molecule has 1 aliphatic heterocycles. The van der Waals surface area contributed by atoms with Crippen molar-refractivity contribution >= 4 is 5.91 Å². The van der Waals surface area contributed by atoms with Gasteiger partial charge in [-0.2, -0.15) is 0 Å². The summed E-state index contributed by atoms with van der Waals surface area (Å²) in [5.74, 6) is 0.264. The highest BCUT2D eigenvalue weighted by atomic mass is 16.3. The average Bonchev–Trinajstić information content (AvgIpc) is 2.41. The van der Waals surface area contributed by atoms with Crippen molar-refractivity contribution in [3.8, 4) is 0 Å². The van der Waals surface area contributed by atoms with Gasteiger partial charge in [-0.05, 0) is 17.9 Å². The van der Waals surface area contributed by atoms with Crippen LogP contribution in [0.4, 0.5) is 0 Å². The first-order chi connectivity index (χ1) is 9.42. The number of likely N-dealkylation sites (tertiary alicyclic amines) is 1. The third-order valence-corrected chi connectivity index (χ3v) is 4.25. The molecule has 0 radical (unpaired) electrons. The van der Waals surface area contributed by atoms with Crippen LogP contribution in [0.15, 0.2) is 30.3 Å². The molecule has 1 amide bonds. The summed E-state index contributed by atoms with van der Waals surface area (Å²) in [4.78, 5) is 13.8. The van der Waals surface area contributed by atoms with Gasteiger partial charge in [0.15, 0.2) is 0 Å². The summed E-state index contributed by atoms with van der Waals surface area (Å²) in [5.41, 5.74) is 6.45. The lowest BCUT2D eigenvalue weighted by Gasteiger charge is -2.49. The van der Waals surface area contributed by atoms with E-state index in [9.17, 15) is 9.90 Å². The summed E-state index contributed by atoms with van der Waals surface area (Å²) in [5, 5.41) is 10.1. The van der Waals surface area contributed by atoms with Crippen LogP contribution in [0, 0.1) is 5.92 Å². The topological polar surface area (TPSA) is 66.6 Å². The van der Waals surface area contributed by atoms with E-state index < -0.39 is 5.60 Å². The second kappa shape index (κ2) is 5.94. The third-order valence-electron chi connectivity index (χ3n) is 4.25. The predicted molar refractivity (Wildman–Crippen MR) is 79.0 cm³/mol. The fraction of sp³-hybridized carbons (Fsp3) is 0.562. The number of benzene rings is 1. The van der Waals surface area contributed by atoms with E-state index in [1.54, 1.807) is 4.90 Å². The Kier molecular flexibility index (Phi) is 4.45. The Morgan fingerprint density at radius 3 is 2.50 bits per heavy atom. The summed E-state index contributed by atoms with van der Waals surface area (Å²) in [6.45, 7) is 4.86. The van der Waals surface area contributed by atoms with Gasteiger partial charge in [0.2, 0.25) is 5.91 Å². The van der Waals surface area contributed by atoms with Gasteiger partial charge in [0.25, 0.3) is 0 Å². The van der Waals surface area contributed by atoms with Crippen molar-refractivity contribution < 1.29 is 9.90 Å². The van der Waals surface area contributed by atoms with Crippen molar-refractivity contribution in [2.75, 3.05) is 13.1 Å². The van der Waals surface area contributed by atoms with Crippen LogP contribution in [0.3, 0.4) is 0 Å². The molecule has 4 heteroatoms. The molecule has 2 rings (SSSR count). The molecule has 0 saturated carbocycles. The summed E-state index contributed by atoms with van der Waals surface area (Å²) >= 11 is 0. The Morgan fingerprint density at radius 1 is 1.35 bits per heavy atom. The quantitative estimate of drug-likeness (QED) is 0.860. The Balaban J connectivity index is 1.77. The van der Waals surface area contributed by atoms with Crippen LogP contribution in [0.2, 0.25) is 0 Å². The van der Waals surface area contributed by atoms with Gasteiger partial charge < -0.3 is 15.7 Å². The number of hydrogen-bond acceptors (Lipinski definition) is 3. The lowest BCUT2D eigenvalue weighted by Crippen LogP contribution is -2.65. The average molecular weight is 276 g/mol. The van der Waals surface area contributed by atoms with Crippen LogP contribution in [0.1, 0.15) is 38.3 Å². The van der Waals surface area contributed by atoms with Gasteiger partial charge >= 0.3 is 0 Å². The molecule has 1 saturated heterocycles. The molecule has 0 aromatic heterocycles. The molecular weight excluding hydrogens is 252 g/mol. The minimum Gasteiger partial charge on any atom is -0.386 e. The first-order valence-electron chi connectivity index (χ1n) is 7.23. The van der Waals surface area contributed by atoms with Gasteiger partial charge in [-0.25, -0.2) is 0 Å². The molecule has 1 aromatic rings. The zero-order valence-electron chi connectivity index (χ0n) is 12.2. The maximum absolute atomic E-state index is 12.0. The largest absolute Gasteiger partial charge is 0.386 e. The van der Waals surface area contributed by atoms with E-state index in [2.05, 4.69) is 0 Å². The molecular formula is C16H24N2O2. The van der Waals surface area contributed by atoms with Crippen LogP contribution in [-0.2, 0) is 4.79 Å². The predicted octanol–water partition coefficient (Wildman–Crippen LogP) is 1.70. The number of nitrogens with two attached hydrogens (primary N) is 1. The van der Waals surface area contributed by atoms with Crippen molar-refractivity contribution in [2.45, 2.75) is 38.3 Å². The fourth-order valence-corrected chi connectivity index (χ4v) is 2.46. The minimum absolute atomic E-state index is 0.0849. The van der Waals surface area contributed by atoms with E-state index in [0.29, 0.717) is 25.9 Å². The highest BCUT2D eigenvalue weighted by Gasteiger charge is 2.45. The fourth-order valence-electron chi connectivity index (χ4n) is 2.46. The number of rotatable bonds is 5. The van der Waals surface area contributed by atoms with Crippen molar-refractivity contribution in [3.05, 3.63) is 35.9 Å². The molecule has 1 heterocycles. The van der Waals surface area contributed by atoms with Gasteiger partial charge in [-0.1, -0.05) is 44.2 Å². The standard InChI is InChI=1S/C16H24N2O2/c1-12(2)16(20)10-18(11-16)15(19)9-8-14(17)13-6-4-3-5-7-13/h3-7,12,14,20H,8-11,17H2,1-2H3. The van der Waals surface area contributed by atoms with Crippen molar-refractivity contribution in [1.29, 1.82) is 0 Å². The molecule has 1 aliphatic rings. The molecule has 3 N–H and O–H groups in total. The molecule has 1 aromatic carbocycles. The number of β-amino-alcohol motifs (C(OH)–C–C–N with tert-alkyl or cyclic N) is 1. The van der Waals surface area contributed by atoms with Gasteiger partial charge in [0.1, 0.15) is 5.60 Å². The molecule has 0 aliphatic carbocycles. The SMILES string of the molecule is CC(C)C1(O)CN(C(=O)CCC(N)c2ccccc2)C1. The summed E-state index contributed by atoms with van der Waals surface area (Å²) < 4.78 is 0. The zero-order valence-corrected chi connectivity index (χ0v) is 12.2. The number of carbonyl (C=O) groups excluding carboxylic acids is 1. The molecule has 20 heavy (non-hydrogen) atoms. The van der Waals surface area contributed by atoms with E-state index >= 15 is 0 Å². The second-order valence-electron chi connectivity index (χ2n) is 6.06. The highest BCUT2D eigenvalue weighted by molar-refractivity contribution is 5.77. The normalized spacial score (nSPS) is 18.8. The zero-order chi connectivity index (χ0) is 14.8. The minimum atomic E-state index is -0.697. The highest BCUT2D eigenvalue weighted by Crippen LogP contribution is 2.29. The van der Waals surface area contributed by atoms with Gasteiger partial charge in [-0.15, -0.1) is 0 Å². The van der Waals surface area contributed by atoms with Crippen LogP contribution in [0.5, 0.6) is 0 Å². The summed E-state index contributed by atoms with van der Waals surface area (Å²) in [6.07, 6.45) is 1.07. The summed E-state index contributed by atoms with van der Waals surface area (Å²) in [6, 6.07) is 9.72. The Hall–Kier alpha value is -1.39. The Morgan fingerprint density at radius 2 is 1.95 bits per heavy atom. The lowest BCUT2D eigenvalue weighted by atomic mass is 9.82. The monoisotopic (exact) mass is 276 g/mol. The van der Waals surface area contributed by atoms with E-state index in [1.165, 1.54) is 0 Å². The maximum Gasteiger partial charge on any atom is 0.222 e. The summed E-state index contributed by atoms with van der Waals surface area (Å²) in [7, 11) is 0. The van der Waals surface area contributed by atoms with Gasteiger partial charge in [0, 0.05) is 12.5 Å². The molecule has 110 valence electrons. The van der Waals surface area contributed by atoms with Crippen molar-refractivity contribution in [3.63, 3.8) is 0 Å². The molecule has 0 spiro atoms. The number of aliphatic hydroxyl groups is 1. The van der Waals surface area contributed by atoms with Crippen LogP contribution in [0.25, 0.3) is 0 Å². The van der Waals surface area contributed by atoms with Crippen molar-refractivity contribution in [1.82, 2.24) is 4.90 Å². The Bertz CT molecular complexity index is 453. The number of amides is 1. The molecule has 1 fully saturated rings. The van der Waals surface area contributed by atoms with Crippen LogP contribution < -0.4 is 5.73 Å². The number of carbonyl (C=O) groups is 1. The molecule has 1 unspecified atom stereocenters. The van der Waals surface area contributed by atoms with Crippen LogP contribution >= 0.6 is 0 Å². The Labute approximate surface area is 120 Å². The van der Waals surface area contributed by atoms with E-state index in [1.807, 2.05) is 44.2 Å². The third kappa shape index (κ3) is 3.19. The molecule has 4 nitrogen and oxygen atoms in total. The van der Waals surface area contributed by atoms with Crippen molar-refractivity contribution in [2.24, 2.45) is 11.7 Å². The van der Waals surface area contributed by atoms with E-state index in [-0.39, 0.29) is 17.9 Å². The first-order valence-corrected chi connectivity index (χ1v) is 7.23. The van der Waals surface area contributed by atoms with Crippen LogP contribution in [-0.4, -0.2) is 34.6 Å². The van der Waals surface area contributed by atoms with Gasteiger partial charge in [-0.3, -0.25) is 4.79 Å². The smallest absolute Gasteiger partial charge is 0.222 e. The molecule has 0 bridgehead atoms. The maximum atomic E-state index is 12.0. The van der Waals surface area contributed by atoms with E-state index in [0.717, 1.165) is 5.56 Å². The second-order valence-corrected chi connectivity index (χ2v) is 6.06. The molecule has 1 atom stereocenters. The van der Waals surface area contributed by atoms with E-state index in [4.69, 9.17) is 5.73 Å².